The van der Waals surface area contributed by atoms with E-state index in [1.54, 1.807) is 12.1 Å². The molecule has 2 nitrogen and oxygen atoms in total. The number of hydrogen-bond acceptors (Lipinski definition) is 1. The Kier molecular flexibility index (Phi) is 3.53. The topological polar surface area (TPSA) is 20.3 Å². The third-order valence-corrected chi connectivity index (χ3v) is 4.92. The highest BCUT2D eigenvalue weighted by atomic mass is 19.1. The predicted molar refractivity (Wildman–Crippen MR) is 77.0 cm³/mol. The zero-order chi connectivity index (χ0) is 14.2. The monoisotopic (exact) mass is 275 g/mol. The van der Waals surface area contributed by atoms with Gasteiger partial charge in [-0.15, -0.1) is 0 Å². The molecule has 3 heteroatoms. The molecule has 2 fully saturated rings. The van der Waals surface area contributed by atoms with Crippen molar-refractivity contribution in [1.82, 2.24) is 4.90 Å². The minimum atomic E-state index is -0.349. The molecule has 1 aromatic rings. The summed E-state index contributed by atoms with van der Waals surface area (Å²) in [7, 11) is 0. The summed E-state index contributed by atoms with van der Waals surface area (Å²) >= 11 is 0. The number of rotatable bonds is 3. The highest BCUT2D eigenvalue weighted by molar-refractivity contribution is 5.91. The second-order valence-corrected chi connectivity index (χ2v) is 6.15. The highest BCUT2D eigenvalue weighted by Gasteiger charge is 2.53. The van der Waals surface area contributed by atoms with Crippen LogP contribution in [0.4, 0.5) is 4.39 Å². The summed E-state index contributed by atoms with van der Waals surface area (Å²) in [6.45, 7) is 3.05. The molecule has 2 aliphatic rings. The van der Waals surface area contributed by atoms with Gasteiger partial charge in [0.2, 0.25) is 5.91 Å². The Morgan fingerprint density at radius 1 is 1.30 bits per heavy atom. The maximum Gasteiger partial charge on any atom is 0.233 e. The number of benzene rings is 1. The van der Waals surface area contributed by atoms with E-state index in [1.165, 1.54) is 18.6 Å². The van der Waals surface area contributed by atoms with E-state index in [2.05, 4.69) is 11.8 Å². The Labute approximate surface area is 120 Å². The summed E-state index contributed by atoms with van der Waals surface area (Å²) < 4.78 is 13.1. The van der Waals surface area contributed by atoms with Crippen molar-refractivity contribution in [3.05, 3.63) is 35.6 Å². The Balaban J connectivity index is 1.83. The zero-order valence-electron chi connectivity index (χ0n) is 12.1. The largest absolute Gasteiger partial charge is 0.339 e. The summed E-state index contributed by atoms with van der Waals surface area (Å²) in [4.78, 5) is 15.1. The van der Waals surface area contributed by atoms with Crippen molar-refractivity contribution in [2.75, 3.05) is 6.54 Å². The first kappa shape index (κ1) is 13.6. The normalized spacial score (nSPS) is 24.5. The Bertz CT molecular complexity index is 492. The van der Waals surface area contributed by atoms with E-state index in [0.717, 1.165) is 44.2 Å². The fourth-order valence-electron chi connectivity index (χ4n) is 3.49. The van der Waals surface area contributed by atoms with Crippen LogP contribution in [0, 0.1) is 5.82 Å². The van der Waals surface area contributed by atoms with Crippen molar-refractivity contribution in [2.24, 2.45) is 0 Å². The molecule has 1 amide bonds. The van der Waals surface area contributed by atoms with Gasteiger partial charge in [-0.25, -0.2) is 4.39 Å². The summed E-state index contributed by atoms with van der Waals surface area (Å²) in [6, 6.07) is 6.90. The lowest BCUT2D eigenvalue weighted by atomic mass is 9.91. The van der Waals surface area contributed by atoms with Gasteiger partial charge in [-0.1, -0.05) is 19.1 Å². The molecule has 1 heterocycles. The molecule has 0 bridgehead atoms. The third-order valence-electron chi connectivity index (χ3n) is 4.92. The van der Waals surface area contributed by atoms with Crippen LogP contribution in [0.5, 0.6) is 0 Å². The number of halogens is 1. The Morgan fingerprint density at radius 3 is 2.60 bits per heavy atom. The molecule has 1 aliphatic heterocycles. The van der Waals surface area contributed by atoms with Gasteiger partial charge in [0.1, 0.15) is 5.82 Å². The van der Waals surface area contributed by atoms with Crippen LogP contribution < -0.4 is 0 Å². The molecule has 0 N–H and O–H groups in total. The maximum absolute atomic E-state index is 13.1. The molecule has 0 spiro atoms. The standard InChI is InChI=1S/C17H22FNO/c1-2-15-5-3-4-12-19(15)16(20)17(10-11-17)13-6-8-14(18)9-7-13/h6-9,15H,2-5,10-12H2,1H3. The van der Waals surface area contributed by atoms with Crippen molar-refractivity contribution >= 4 is 5.91 Å². The summed E-state index contributed by atoms with van der Waals surface area (Å²) in [5, 5.41) is 0. The molecule has 1 aromatic carbocycles. The van der Waals surface area contributed by atoms with Crippen LogP contribution >= 0.6 is 0 Å². The highest BCUT2D eigenvalue weighted by Crippen LogP contribution is 2.50. The summed E-state index contributed by atoms with van der Waals surface area (Å²) in [5.74, 6) is 0.0389. The van der Waals surface area contributed by atoms with Crippen molar-refractivity contribution in [3.8, 4) is 0 Å². The molecule has 0 aromatic heterocycles. The molecule has 0 radical (unpaired) electrons. The second kappa shape index (κ2) is 5.19. The van der Waals surface area contributed by atoms with Gasteiger partial charge in [0, 0.05) is 12.6 Å². The SMILES string of the molecule is CCC1CCCCN1C(=O)C1(c2ccc(F)cc2)CC1. The van der Waals surface area contributed by atoms with Crippen molar-refractivity contribution in [3.63, 3.8) is 0 Å². The van der Waals surface area contributed by atoms with E-state index < -0.39 is 0 Å². The predicted octanol–water partition coefficient (Wildman–Crippen LogP) is 3.65. The van der Waals surface area contributed by atoms with E-state index in [4.69, 9.17) is 0 Å². The van der Waals surface area contributed by atoms with Crippen molar-refractivity contribution in [1.29, 1.82) is 0 Å². The average molecular weight is 275 g/mol. The van der Waals surface area contributed by atoms with Gasteiger partial charge in [-0.05, 0) is 56.2 Å². The fraction of sp³-hybridized carbons (Fsp3) is 0.588. The lowest BCUT2D eigenvalue weighted by molar-refractivity contribution is -0.137. The number of nitrogens with zero attached hydrogens (tertiary/aromatic N) is 1. The fourth-order valence-corrected chi connectivity index (χ4v) is 3.49. The van der Waals surface area contributed by atoms with Crippen molar-refractivity contribution < 1.29 is 9.18 Å². The van der Waals surface area contributed by atoms with E-state index in [0.29, 0.717) is 6.04 Å². The number of amides is 1. The van der Waals surface area contributed by atoms with E-state index in [1.807, 2.05) is 0 Å². The Morgan fingerprint density at radius 2 is 2.00 bits per heavy atom. The first-order valence-electron chi connectivity index (χ1n) is 7.74. The lowest BCUT2D eigenvalue weighted by Gasteiger charge is -2.38. The van der Waals surface area contributed by atoms with Crippen LogP contribution in [0.15, 0.2) is 24.3 Å². The first-order valence-corrected chi connectivity index (χ1v) is 7.74. The van der Waals surface area contributed by atoms with Gasteiger partial charge >= 0.3 is 0 Å². The number of hydrogen-bond donors (Lipinski definition) is 0. The van der Waals surface area contributed by atoms with Crippen LogP contribution in [-0.4, -0.2) is 23.4 Å². The summed E-state index contributed by atoms with van der Waals surface area (Å²) in [6.07, 6.45) is 6.31. The second-order valence-electron chi connectivity index (χ2n) is 6.15. The van der Waals surface area contributed by atoms with Crippen LogP contribution in [-0.2, 0) is 10.2 Å². The average Bonchev–Trinajstić information content (AvgIpc) is 3.29. The number of carbonyl (C=O) groups excluding carboxylic acids is 1. The molecule has 1 unspecified atom stereocenters. The van der Waals surface area contributed by atoms with Crippen LogP contribution in [0.25, 0.3) is 0 Å². The lowest BCUT2D eigenvalue weighted by Crippen LogP contribution is -2.48. The number of carbonyl (C=O) groups is 1. The van der Waals surface area contributed by atoms with Crippen LogP contribution in [0.3, 0.4) is 0 Å². The smallest absolute Gasteiger partial charge is 0.233 e. The molecule has 3 rings (SSSR count). The van der Waals surface area contributed by atoms with E-state index in [-0.39, 0.29) is 17.1 Å². The van der Waals surface area contributed by atoms with Gasteiger partial charge in [-0.3, -0.25) is 4.79 Å². The minimum Gasteiger partial charge on any atom is -0.339 e. The maximum atomic E-state index is 13.1. The van der Waals surface area contributed by atoms with Gasteiger partial charge in [0.05, 0.1) is 5.41 Å². The van der Waals surface area contributed by atoms with E-state index in [9.17, 15) is 9.18 Å². The molecule has 20 heavy (non-hydrogen) atoms. The number of likely N-dealkylation sites (tertiary alicyclic amines) is 1. The van der Waals surface area contributed by atoms with Gasteiger partial charge in [0.15, 0.2) is 0 Å². The molecule has 108 valence electrons. The van der Waals surface area contributed by atoms with Gasteiger partial charge in [-0.2, -0.15) is 0 Å². The van der Waals surface area contributed by atoms with Gasteiger partial charge < -0.3 is 4.90 Å². The van der Waals surface area contributed by atoms with E-state index >= 15 is 0 Å². The minimum absolute atomic E-state index is 0.235. The molecule has 1 saturated heterocycles. The zero-order valence-corrected chi connectivity index (χ0v) is 12.1. The molecule has 1 aliphatic carbocycles. The summed E-state index contributed by atoms with van der Waals surface area (Å²) in [5.41, 5.74) is 0.641. The third kappa shape index (κ3) is 2.23. The number of piperidine rings is 1. The molecular formula is C17H22FNO. The quantitative estimate of drug-likeness (QED) is 0.824. The Hall–Kier alpha value is -1.38. The van der Waals surface area contributed by atoms with Gasteiger partial charge in [0.25, 0.3) is 0 Å². The molecule has 1 saturated carbocycles. The molecular weight excluding hydrogens is 253 g/mol. The first-order chi connectivity index (χ1) is 9.67. The van der Waals surface area contributed by atoms with Crippen molar-refractivity contribution in [2.45, 2.75) is 56.9 Å². The van der Waals surface area contributed by atoms with Crippen LogP contribution in [0.1, 0.15) is 51.0 Å². The van der Waals surface area contributed by atoms with Crippen LogP contribution in [0.2, 0.25) is 0 Å². The molecule has 1 atom stereocenters.